The minimum absolute atomic E-state index is 0.170. The molecule has 0 radical (unpaired) electrons. The molecule has 0 aliphatic heterocycles. The van der Waals surface area contributed by atoms with Gasteiger partial charge in [-0.1, -0.05) is 17.3 Å². The molecule has 0 atom stereocenters. The van der Waals surface area contributed by atoms with Crippen LogP contribution in [-0.2, 0) is 0 Å². The molecule has 1 aromatic carbocycles. The maximum Gasteiger partial charge on any atom is 0.294 e. The molecule has 0 spiro atoms. The van der Waals surface area contributed by atoms with Gasteiger partial charge in [0.1, 0.15) is 5.65 Å². The number of hydrogen-bond donors (Lipinski definition) is 1. The van der Waals surface area contributed by atoms with Crippen LogP contribution in [0, 0.1) is 6.92 Å². The number of anilines is 1. The van der Waals surface area contributed by atoms with E-state index in [0.29, 0.717) is 5.69 Å². The molecular weight excluding hydrogens is 304 g/mol. The quantitative estimate of drug-likeness (QED) is 0.627. The first-order valence-corrected chi connectivity index (χ1v) is 7.47. The van der Waals surface area contributed by atoms with E-state index in [1.165, 1.54) is 12.3 Å². The Kier molecular flexibility index (Phi) is 3.35. The first-order chi connectivity index (χ1) is 11.7. The van der Waals surface area contributed by atoms with Crippen LogP contribution in [0.25, 0.3) is 16.9 Å². The smallest absolute Gasteiger partial charge is 0.294 e. The van der Waals surface area contributed by atoms with Gasteiger partial charge in [-0.05, 0) is 36.8 Å². The molecule has 3 heterocycles. The van der Waals surface area contributed by atoms with Crippen molar-refractivity contribution in [1.29, 1.82) is 0 Å². The van der Waals surface area contributed by atoms with Gasteiger partial charge in [-0.2, -0.15) is 0 Å². The number of aryl methyl sites for hydroxylation is 1. The Labute approximate surface area is 137 Å². The van der Waals surface area contributed by atoms with E-state index in [-0.39, 0.29) is 11.7 Å². The number of hydrogen-bond acceptors (Lipinski definition) is 4. The third-order valence-corrected chi connectivity index (χ3v) is 3.69. The molecule has 1 N–H and O–H groups in total. The third-order valence-electron chi connectivity index (χ3n) is 3.69. The van der Waals surface area contributed by atoms with Crippen molar-refractivity contribution in [3.05, 3.63) is 72.4 Å². The highest BCUT2D eigenvalue weighted by molar-refractivity contribution is 6.02. The number of carbonyl (C=O) groups excluding carboxylic acids is 1. The van der Waals surface area contributed by atoms with Crippen LogP contribution in [0.15, 0.2) is 65.6 Å². The summed E-state index contributed by atoms with van der Waals surface area (Å²) in [5.74, 6) is -0.168. The molecule has 6 nitrogen and oxygen atoms in total. The highest BCUT2D eigenvalue weighted by Gasteiger charge is 2.11. The molecule has 4 rings (SSSR count). The summed E-state index contributed by atoms with van der Waals surface area (Å²) in [5, 5.41) is 6.32. The van der Waals surface area contributed by atoms with Crippen molar-refractivity contribution in [2.24, 2.45) is 0 Å². The molecule has 0 bridgehead atoms. The maximum atomic E-state index is 12.0. The molecule has 0 aliphatic rings. The zero-order valence-corrected chi connectivity index (χ0v) is 12.9. The summed E-state index contributed by atoms with van der Waals surface area (Å²) in [6.07, 6.45) is 5.38. The summed E-state index contributed by atoms with van der Waals surface area (Å²) in [4.78, 5) is 16.7. The Morgan fingerprint density at radius 1 is 1.21 bits per heavy atom. The molecule has 0 fully saturated rings. The van der Waals surface area contributed by atoms with E-state index in [0.717, 1.165) is 22.5 Å². The topological polar surface area (TPSA) is 72.4 Å². The van der Waals surface area contributed by atoms with Crippen LogP contribution in [0.5, 0.6) is 0 Å². The van der Waals surface area contributed by atoms with Gasteiger partial charge in [-0.3, -0.25) is 4.79 Å². The molecule has 0 unspecified atom stereocenters. The highest BCUT2D eigenvalue weighted by Crippen LogP contribution is 2.23. The zero-order chi connectivity index (χ0) is 16.5. The van der Waals surface area contributed by atoms with Crippen molar-refractivity contribution >= 4 is 17.2 Å². The van der Waals surface area contributed by atoms with E-state index in [4.69, 9.17) is 4.52 Å². The van der Waals surface area contributed by atoms with Crippen LogP contribution in [0.1, 0.15) is 16.1 Å². The number of amides is 1. The van der Waals surface area contributed by atoms with Gasteiger partial charge >= 0.3 is 0 Å². The van der Waals surface area contributed by atoms with E-state index in [1.54, 1.807) is 0 Å². The summed E-state index contributed by atoms with van der Waals surface area (Å²) < 4.78 is 6.83. The van der Waals surface area contributed by atoms with Crippen molar-refractivity contribution in [2.75, 3.05) is 5.32 Å². The number of rotatable bonds is 3. The average molecular weight is 318 g/mol. The highest BCUT2D eigenvalue weighted by atomic mass is 16.5. The van der Waals surface area contributed by atoms with Gasteiger partial charge < -0.3 is 14.2 Å². The average Bonchev–Trinajstić information content (AvgIpc) is 3.24. The van der Waals surface area contributed by atoms with Crippen LogP contribution in [0.3, 0.4) is 0 Å². The molecule has 0 saturated carbocycles. The van der Waals surface area contributed by atoms with Crippen molar-refractivity contribution in [1.82, 2.24) is 14.5 Å². The Morgan fingerprint density at radius 3 is 2.96 bits per heavy atom. The van der Waals surface area contributed by atoms with Crippen molar-refractivity contribution in [2.45, 2.75) is 6.92 Å². The molecule has 24 heavy (non-hydrogen) atoms. The second kappa shape index (κ2) is 5.66. The minimum atomic E-state index is -0.338. The summed E-state index contributed by atoms with van der Waals surface area (Å²) in [5.41, 5.74) is 4.49. The number of imidazole rings is 1. The standard InChI is InChI=1S/C18H14N4O2/c1-12-6-8-22-11-15(21-17(22)9-12)13-3-2-4-14(10-13)20-18(23)16-5-7-19-24-16/h2-11H,1H3,(H,20,23). The van der Waals surface area contributed by atoms with Gasteiger partial charge in [0.15, 0.2) is 0 Å². The predicted molar refractivity (Wildman–Crippen MR) is 89.8 cm³/mol. The summed E-state index contributed by atoms with van der Waals surface area (Å²) in [7, 11) is 0. The number of fused-ring (bicyclic) bond motifs is 1. The van der Waals surface area contributed by atoms with Crippen LogP contribution in [0.4, 0.5) is 5.69 Å². The van der Waals surface area contributed by atoms with E-state index < -0.39 is 0 Å². The lowest BCUT2D eigenvalue weighted by atomic mass is 10.1. The number of pyridine rings is 1. The number of carbonyl (C=O) groups is 1. The molecule has 1 amide bonds. The lowest BCUT2D eigenvalue weighted by Gasteiger charge is -2.04. The molecule has 3 aromatic heterocycles. The van der Waals surface area contributed by atoms with Gasteiger partial charge in [0.2, 0.25) is 5.76 Å². The van der Waals surface area contributed by atoms with Crippen LogP contribution >= 0.6 is 0 Å². The largest absolute Gasteiger partial charge is 0.351 e. The number of benzene rings is 1. The molecule has 4 aromatic rings. The summed E-state index contributed by atoms with van der Waals surface area (Å²) in [6.45, 7) is 2.04. The lowest BCUT2D eigenvalue weighted by Crippen LogP contribution is -2.10. The zero-order valence-electron chi connectivity index (χ0n) is 12.9. The van der Waals surface area contributed by atoms with E-state index >= 15 is 0 Å². The van der Waals surface area contributed by atoms with Crippen LogP contribution in [-0.4, -0.2) is 20.4 Å². The van der Waals surface area contributed by atoms with Crippen molar-refractivity contribution in [3.8, 4) is 11.3 Å². The first kappa shape index (κ1) is 14.2. The van der Waals surface area contributed by atoms with E-state index in [2.05, 4.69) is 15.5 Å². The normalized spacial score (nSPS) is 10.9. The molecule has 0 saturated heterocycles. The van der Waals surface area contributed by atoms with Crippen LogP contribution in [0.2, 0.25) is 0 Å². The van der Waals surface area contributed by atoms with Gasteiger partial charge in [0.05, 0.1) is 11.9 Å². The Bertz CT molecular complexity index is 1020. The third kappa shape index (κ3) is 2.65. The fourth-order valence-electron chi connectivity index (χ4n) is 2.50. The summed E-state index contributed by atoms with van der Waals surface area (Å²) >= 11 is 0. The Balaban J connectivity index is 1.65. The Hall–Kier alpha value is -3.41. The van der Waals surface area contributed by atoms with Crippen LogP contribution < -0.4 is 5.32 Å². The maximum absolute atomic E-state index is 12.0. The first-order valence-electron chi connectivity index (χ1n) is 7.47. The van der Waals surface area contributed by atoms with E-state index in [9.17, 15) is 4.79 Å². The van der Waals surface area contributed by atoms with Gasteiger partial charge in [-0.15, -0.1) is 0 Å². The molecule has 0 aliphatic carbocycles. The number of nitrogens with zero attached hydrogens (tertiary/aromatic N) is 3. The Morgan fingerprint density at radius 2 is 2.12 bits per heavy atom. The minimum Gasteiger partial charge on any atom is -0.351 e. The predicted octanol–water partition coefficient (Wildman–Crippen LogP) is 3.55. The fraction of sp³-hybridized carbons (Fsp3) is 0.0556. The number of nitrogens with one attached hydrogen (secondary N) is 1. The lowest BCUT2D eigenvalue weighted by molar-refractivity contribution is 0.0988. The number of aromatic nitrogens is 3. The van der Waals surface area contributed by atoms with Crippen molar-refractivity contribution < 1.29 is 9.32 Å². The van der Waals surface area contributed by atoms with Crippen molar-refractivity contribution in [3.63, 3.8) is 0 Å². The second-order valence-corrected chi connectivity index (χ2v) is 5.51. The monoisotopic (exact) mass is 318 g/mol. The molecular formula is C18H14N4O2. The molecule has 118 valence electrons. The van der Waals surface area contributed by atoms with Gasteiger partial charge in [-0.25, -0.2) is 4.98 Å². The molecule has 6 heteroatoms. The fourth-order valence-corrected chi connectivity index (χ4v) is 2.50. The second-order valence-electron chi connectivity index (χ2n) is 5.51. The SMILES string of the molecule is Cc1ccn2cc(-c3cccc(NC(=O)c4ccno4)c3)nc2c1. The summed E-state index contributed by atoms with van der Waals surface area (Å²) in [6, 6.07) is 13.1. The van der Waals surface area contributed by atoms with Gasteiger partial charge in [0, 0.05) is 29.7 Å². The van der Waals surface area contributed by atoms with Gasteiger partial charge in [0.25, 0.3) is 5.91 Å². The van der Waals surface area contributed by atoms with E-state index in [1.807, 2.05) is 60.1 Å².